The molecule has 0 atom stereocenters. The molecule has 7 nitrogen and oxygen atoms in total. The predicted octanol–water partition coefficient (Wildman–Crippen LogP) is 3.45. The van der Waals surface area contributed by atoms with E-state index >= 15 is 0 Å². The number of rotatable bonds is 3. The van der Waals surface area contributed by atoms with Crippen molar-refractivity contribution in [1.29, 1.82) is 0 Å². The molecule has 0 spiro atoms. The highest BCUT2D eigenvalue weighted by molar-refractivity contribution is 6.33. The number of ether oxygens (including phenoxy) is 2. The molecular weight excluding hydrogens is 392 g/mol. The van der Waals surface area contributed by atoms with Crippen LogP contribution in [0.5, 0.6) is 5.75 Å². The van der Waals surface area contributed by atoms with Crippen molar-refractivity contribution >= 4 is 29.1 Å². The number of nitrogens with two attached hydrogens (primary N) is 1. The lowest BCUT2D eigenvalue weighted by Crippen LogP contribution is -2.55. The molecule has 162 valence electrons. The van der Waals surface area contributed by atoms with Gasteiger partial charge in [0.15, 0.2) is 0 Å². The van der Waals surface area contributed by atoms with Crippen LogP contribution in [-0.4, -0.2) is 73.9 Å². The van der Waals surface area contributed by atoms with Gasteiger partial charge < -0.3 is 25.0 Å². The second-order valence-corrected chi connectivity index (χ2v) is 9.17. The maximum atomic E-state index is 12.3. The Morgan fingerprint density at radius 3 is 2.28 bits per heavy atom. The van der Waals surface area contributed by atoms with E-state index in [1.54, 1.807) is 13.2 Å². The highest BCUT2D eigenvalue weighted by atomic mass is 35.5. The summed E-state index contributed by atoms with van der Waals surface area (Å²) in [6.45, 7) is 10.8. The highest BCUT2D eigenvalue weighted by Gasteiger charge is 2.31. The highest BCUT2D eigenvalue weighted by Crippen LogP contribution is 2.36. The van der Waals surface area contributed by atoms with Crippen molar-refractivity contribution in [3.05, 3.63) is 17.2 Å². The van der Waals surface area contributed by atoms with Crippen LogP contribution >= 0.6 is 11.6 Å². The number of piperazine rings is 1. The van der Waals surface area contributed by atoms with Gasteiger partial charge >= 0.3 is 6.09 Å². The Balaban J connectivity index is 1.51. The molecule has 2 aliphatic rings. The summed E-state index contributed by atoms with van der Waals surface area (Å²) in [5, 5.41) is 0.660. The van der Waals surface area contributed by atoms with E-state index in [9.17, 15) is 4.79 Å². The van der Waals surface area contributed by atoms with E-state index in [0.29, 0.717) is 22.5 Å². The first kappa shape index (κ1) is 21.8. The summed E-state index contributed by atoms with van der Waals surface area (Å²) in [6, 6.07) is 4.22. The zero-order valence-corrected chi connectivity index (χ0v) is 18.7. The van der Waals surface area contributed by atoms with Gasteiger partial charge in [0.1, 0.15) is 11.4 Å². The van der Waals surface area contributed by atoms with Crippen molar-refractivity contribution in [2.75, 3.05) is 57.0 Å². The third-order valence-electron chi connectivity index (χ3n) is 5.59. The topological polar surface area (TPSA) is 71.3 Å². The van der Waals surface area contributed by atoms with Crippen LogP contribution in [0.15, 0.2) is 12.1 Å². The quantitative estimate of drug-likeness (QED) is 0.749. The molecule has 1 aromatic rings. The van der Waals surface area contributed by atoms with Crippen molar-refractivity contribution in [2.24, 2.45) is 0 Å². The van der Waals surface area contributed by atoms with Crippen LogP contribution in [0, 0.1) is 0 Å². The third kappa shape index (κ3) is 5.39. The molecule has 1 aromatic carbocycles. The number of amides is 1. The Morgan fingerprint density at radius 1 is 1.10 bits per heavy atom. The van der Waals surface area contributed by atoms with E-state index in [4.69, 9.17) is 26.8 Å². The van der Waals surface area contributed by atoms with Gasteiger partial charge in [-0.3, -0.25) is 4.90 Å². The number of carbonyl (C=O) groups is 1. The molecule has 0 aromatic heterocycles. The first-order valence-corrected chi connectivity index (χ1v) is 10.7. The van der Waals surface area contributed by atoms with E-state index in [0.717, 1.165) is 57.8 Å². The number of benzene rings is 1. The molecule has 1 amide bonds. The van der Waals surface area contributed by atoms with Crippen molar-refractivity contribution in [3.8, 4) is 5.75 Å². The van der Waals surface area contributed by atoms with Crippen molar-refractivity contribution in [1.82, 2.24) is 9.80 Å². The first-order valence-electron chi connectivity index (χ1n) is 10.3. The zero-order valence-electron chi connectivity index (χ0n) is 17.9. The number of piperidine rings is 1. The van der Waals surface area contributed by atoms with Gasteiger partial charge in [0, 0.05) is 51.4 Å². The molecule has 3 rings (SSSR count). The molecule has 8 heteroatoms. The van der Waals surface area contributed by atoms with Gasteiger partial charge in [-0.2, -0.15) is 0 Å². The fourth-order valence-electron chi connectivity index (χ4n) is 4.05. The second kappa shape index (κ2) is 8.88. The number of carbonyl (C=O) groups excluding carboxylic acids is 1. The standard InChI is InChI=1S/C21H33ClN4O3/c1-21(2,3)29-20(27)26-11-9-24(10-12-26)15-5-7-25(8-6-15)18-14-19(28-4)17(23)13-16(18)22/h13-15H,5-12,23H2,1-4H3. The molecule has 2 fully saturated rings. The Hall–Kier alpha value is -1.86. The molecule has 2 saturated heterocycles. The lowest BCUT2D eigenvalue weighted by Gasteiger charge is -2.43. The van der Waals surface area contributed by atoms with Crippen molar-refractivity contribution in [3.63, 3.8) is 0 Å². The maximum Gasteiger partial charge on any atom is 0.410 e. The van der Waals surface area contributed by atoms with Crippen LogP contribution in [0.2, 0.25) is 5.02 Å². The molecule has 0 saturated carbocycles. The van der Waals surface area contributed by atoms with Crippen LogP contribution in [0.1, 0.15) is 33.6 Å². The van der Waals surface area contributed by atoms with Gasteiger partial charge in [-0.05, 0) is 39.7 Å². The summed E-state index contributed by atoms with van der Waals surface area (Å²) >= 11 is 6.43. The Kier molecular flexibility index (Phi) is 6.69. The number of nitrogen functional groups attached to an aromatic ring is 1. The summed E-state index contributed by atoms with van der Waals surface area (Å²) in [6.07, 6.45) is 1.92. The van der Waals surface area contributed by atoms with Crippen molar-refractivity contribution < 1.29 is 14.3 Å². The lowest BCUT2D eigenvalue weighted by molar-refractivity contribution is 0.00902. The Bertz CT molecular complexity index is 721. The van der Waals surface area contributed by atoms with Crippen LogP contribution in [-0.2, 0) is 4.74 Å². The smallest absolute Gasteiger partial charge is 0.410 e. The number of hydrogen-bond acceptors (Lipinski definition) is 6. The molecule has 0 unspecified atom stereocenters. The summed E-state index contributed by atoms with van der Waals surface area (Å²) < 4.78 is 10.8. The zero-order chi connectivity index (χ0) is 21.2. The van der Waals surface area contributed by atoms with E-state index in [-0.39, 0.29) is 6.09 Å². The fraction of sp³-hybridized carbons (Fsp3) is 0.667. The van der Waals surface area contributed by atoms with Gasteiger partial charge in [-0.1, -0.05) is 11.6 Å². The van der Waals surface area contributed by atoms with Gasteiger partial charge in [-0.15, -0.1) is 0 Å². The molecule has 2 heterocycles. The number of halogens is 1. The van der Waals surface area contributed by atoms with Crippen LogP contribution in [0.25, 0.3) is 0 Å². The summed E-state index contributed by atoms with van der Waals surface area (Å²) in [7, 11) is 1.62. The largest absolute Gasteiger partial charge is 0.495 e. The number of methoxy groups -OCH3 is 1. The predicted molar refractivity (Wildman–Crippen MR) is 117 cm³/mol. The first-order chi connectivity index (χ1) is 13.7. The fourth-order valence-corrected chi connectivity index (χ4v) is 4.34. The van der Waals surface area contributed by atoms with Gasteiger partial charge in [0.05, 0.1) is 23.5 Å². The van der Waals surface area contributed by atoms with E-state index in [2.05, 4.69) is 9.80 Å². The summed E-state index contributed by atoms with van der Waals surface area (Å²) in [5.41, 5.74) is 7.03. The van der Waals surface area contributed by atoms with Crippen LogP contribution in [0.3, 0.4) is 0 Å². The SMILES string of the molecule is COc1cc(N2CCC(N3CCN(C(=O)OC(C)(C)C)CC3)CC2)c(Cl)cc1N. The van der Waals surface area contributed by atoms with Crippen LogP contribution in [0.4, 0.5) is 16.2 Å². The van der Waals surface area contributed by atoms with Gasteiger partial charge in [0.25, 0.3) is 0 Å². The Labute approximate surface area is 178 Å². The minimum atomic E-state index is -0.451. The third-order valence-corrected chi connectivity index (χ3v) is 5.89. The summed E-state index contributed by atoms with van der Waals surface area (Å²) in [4.78, 5) is 18.9. The monoisotopic (exact) mass is 424 g/mol. The second-order valence-electron chi connectivity index (χ2n) is 8.77. The molecule has 0 bridgehead atoms. The van der Waals surface area contributed by atoms with Gasteiger partial charge in [-0.25, -0.2) is 4.79 Å². The molecule has 0 radical (unpaired) electrons. The minimum absolute atomic E-state index is 0.209. The average molecular weight is 425 g/mol. The van der Waals surface area contributed by atoms with E-state index in [1.807, 2.05) is 31.7 Å². The number of nitrogens with zero attached hydrogens (tertiary/aromatic N) is 3. The molecule has 29 heavy (non-hydrogen) atoms. The minimum Gasteiger partial charge on any atom is -0.495 e. The number of anilines is 2. The van der Waals surface area contributed by atoms with E-state index in [1.165, 1.54) is 0 Å². The van der Waals surface area contributed by atoms with Crippen LogP contribution < -0.4 is 15.4 Å². The maximum absolute atomic E-state index is 12.3. The molecule has 0 aliphatic carbocycles. The average Bonchev–Trinajstić information content (AvgIpc) is 2.67. The molecular formula is C21H33ClN4O3. The normalized spacial score (nSPS) is 19.3. The molecule has 2 N–H and O–H groups in total. The van der Waals surface area contributed by atoms with E-state index < -0.39 is 5.60 Å². The number of hydrogen-bond donors (Lipinski definition) is 1. The van der Waals surface area contributed by atoms with Gasteiger partial charge in [0.2, 0.25) is 0 Å². The summed E-state index contributed by atoms with van der Waals surface area (Å²) in [5.74, 6) is 0.657. The lowest BCUT2D eigenvalue weighted by atomic mass is 10.0. The van der Waals surface area contributed by atoms with Crippen molar-refractivity contribution in [2.45, 2.75) is 45.3 Å². The molecule has 2 aliphatic heterocycles. The Morgan fingerprint density at radius 2 is 1.72 bits per heavy atom.